The molecule has 12 nitrogen and oxygen atoms in total. The third kappa shape index (κ3) is 6.59. The molecule has 4 aliphatic rings. The predicted molar refractivity (Wildman–Crippen MR) is 215 cm³/mol. The summed E-state index contributed by atoms with van der Waals surface area (Å²) in [4.78, 5) is 3.26. The molecule has 18 heteroatoms. The third-order valence-corrected chi connectivity index (χ3v) is 13.2. The molecule has 2 saturated carbocycles. The van der Waals surface area contributed by atoms with Crippen LogP contribution in [-0.4, -0.2) is 88.6 Å². The fourth-order valence-electron chi connectivity index (χ4n) is 10.3. The monoisotopic (exact) mass is 886 g/mol. The van der Waals surface area contributed by atoms with E-state index < -0.39 is 105 Å². The van der Waals surface area contributed by atoms with Gasteiger partial charge in [0.15, 0.2) is 0 Å². The van der Waals surface area contributed by atoms with Crippen molar-refractivity contribution < 1.29 is 77.4 Å². The summed E-state index contributed by atoms with van der Waals surface area (Å²) in [6.07, 6.45) is -15.7. The van der Waals surface area contributed by atoms with E-state index in [0.29, 0.717) is 11.4 Å². The van der Waals surface area contributed by atoms with Gasteiger partial charge in [-0.05, 0) is 53.9 Å². The SMILES string of the molecule is CC1(C)C(=C2C(O)C(c3c(O)cc(O)cc3O)C2O)N(CCCN2C(=C3C(O)C(c4c(O)cc(O)cc4O)C3O)C(C)(C)c3cc(C(F)(F)F)ccc32)c2ccc(C(F)(F)F)cc21. The first-order valence-electron chi connectivity index (χ1n) is 19.9. The molecule has 4 unspecified atom stereocenters. The molecule has 2 fully saturated rings. The number of hydrogen-bond donors (Lipinski definition) is 10. The Bertz CT molecular complexity index is 2370. The van der Waals surface area contributed by atoms with Gasteiger partial charge in [0.1, 0.15) is 34.5 Å². The second-order valence-corrected chi connectivity index (χ2v) is 17.6. The van der Waals surface area contributed by atoms with Crippen molar-refractivity contribution in [3.05, 3.63) is 117 Å². The molecule has 0 radical (unpaired) electrons. The van der Waals surface area contributed by atoms with Crippen molar-refractivity contribution in [3.8, 4) is 34.5 Å². The van der Waals surface area contributed by atoms with E-state index in [1.54, 1.807) is 37.5 Å². The van der Waals surface area contributed by atoms with Gasteiger partial charge in [-0.25, -0.2) is 0 Å². The molecule has 2 heterocycles. The van der Waals surface area contributed by atoms with Gasteiger partial charge in [0.05, 0.1) is 47.4 Å². The number of phenols is 6. The Morgan fingerprint density at radius 2 is 0.794 bits per heavy atom. The second kappa shape index (κ2) is 14.4. The topological polar surface area (TPSA) is 209 Å². The van der Waals surface area contributed by atoms with Crippen LogP contribution in [0.3, 0.4) is 0 Å². The van der Waals surface area contributed by atoms with Gasteiger partial charge in [0, 0.05) is 93.2 Å². The van der Waals surface area contributed by atoms with Gasteiger partial charge in [-0.3, -0.25) is 0 Å². The fraction of sp³-hybridized carbons (Fsp3) is 0.378. The van der Waals surface area contributed by atoms with Crippen molar-refractivity contribution in [2.24, 2.45) is 0 Å². The average Bonchev–Trinajstić information content (AvgIpc) is 3.51. The number of aliphatic hydroxyl groups excluding tert-OH is 4. The highest BCUT2D eigenvalue weighted by Crippen LogP contribution is 2.59. The number of benzene rings is 4. The highest BCUT2D eigenvalue weighted by atomic mass is 19.4. The zero-order chi connectivity index (χ0) is 46.2. The highest BCUT2D eigenvalue weighted by Gasteiger charge is 2.56. The number of hydrogen-bond acceptors (Lipinski definition) is 12. The molecule has 63 heavy (non-hydrogen) atoms. The lowest BCUT2D eigenvalue weighted by Gasteiger charge is -2.46. The molecule has 336 valence electrons. The summed E-state index contributed by atoms with van der Waals surface area (Å²) < 4.78 is 84.7. The zero-order valence-electron chi connectivity index (χ0n) is 34.0. The molecule has 2 aliphatic carbocycles. The van der Waals surface area contributed by atoms with E-state index in [1.165, 1.54) is 12.1 Å². The van der Waals surface area contributed by atoms with Gasteiger partial charge < -0.3 is 60.9 Å². The number of alkyl halides is 6. The molecule has 8 rings (SSSR count). The van der Waals surface area contributed by atoms with Crippen LogP contribution in [0.5, 0.6) is 34.5 Å². The molecule has 0 spiro atoms. The smallest absolute Gasteiger partial charge is 0.416 e. The minimum atomic E-state index is -4.73. The van der Waals surface area contributed by atoms with Crippen molar-refractivity contribution in [1.82, 2.24) is 0 Å². The largest absolute Gasteiger partial charge is 0.508 e. The van der Waals surface area contributed by atoms with Crippen molar-refractivity contribution >= 4 is 11.4 Å². The maximum Gasteiger partial charge on any atom is 0.416 e. The Balaban J connectivity index is 1.20. The van der Waals surface area contributed by atoms with Crippen LogP contribution in [0.15, 0.2) is 83.2 Å². The van der Waals surface area contributed by atoms with E-state index in [0.717, 1.165) is 48.5 Å². The number of phenolic OH excluding ortho intramolecular Hbond substituents is 6. The minimum Gasteiger partial charge on any atom is -0.508 e. The summed E-state index contributed by atoms with van der Waals surface area (Å²) in [6.45, 7) is 6.37. The van der Waals surface area contributed by atoms with Crippen molar-refractivity contribution in [3.63, 3.8) is 0 Å². The standard InChI is InChI=1S/C45H44F6N2O10/c1-42(2)22-12-18(44(46,47)48)6-8-24(22)52(40(42)34-36(60)32(37(34)61)30-26(56)14-20(54)15-27(30)57)10-5-11-53-25-9-7-19(45(49,50)51)13-23(25)43(3,4)41(53)35-38(62)33(39(35)63)31-28(58)16-21(55)17-29(31)59/h6-9,12-17,32-33,36-39,54-63H,5,10-11H2,1-4H3. The number of fused-ring (bicyclic) bond motifs is 2. The Labute approximate surface area is 355 Å². The normalized spacial score (nSPS) is 25.0. The van der Waals surface area contributed by atoms with E-state index in [1.807, 2.05) is 0 Å². The lowest BCUT2D eigenvalue weighted by molar-refractivity contribution is -0.138. The summed E-state index contributed by atoms with van der Waals surface area (Å²) in [7, 11) is 0. The van der Waals surface area contributed by atoms with Crippen LogP contribution in [-0.2, 0) is 23.2 Å². The minimum absolute atomic E-state index is 0.00994. The van der Waals surface area contributed by atoms with E-state index in [4.69, 9.17) is 0 Å². The lowest BCUT2D eigenvalue weighted by atomic mass is 9.65. The molecular weight excluding hydrogens is 842 g/mol. The van der Waals surface area contributed by atoms with Crippen LogP contribution in [0.4, 0.5) is 37.7 Å². The first kappa shape index (κ1) is 43.8. The maximum absolute atomic E-state index is 14.1. The molecule has 4 aromatic carbocycles. The number of anilines is 2. The number of nitrogens with zero attached hydrogens (tertiary/aromatic N) is 2. The Morgan fingerprint density at radius 1 is 0.492 bits per heavy atom. The number of aromatic hydroxyl groups is 6. The van der Waals surface area contributed by atoms with Gasteiger partial charge in [-0.2, -0.15) is 26.3 Å². The van der Waals surface area contributed by atoms with Gasteiger partial charge in [-0.15, -0.1) is 0 Å². The first-order valence-corrected chi connectivity index (χ1v) is 19.9. The van der Waals surface area contributed by atoms with Crippen molar-refractivity contribution in [2.45, 2.75) is 93.6 Å². The number of allylic oxidation sites excluding steroid dienone is 2. The second-order valence-electron chi connectivity index (χ2n) is 17.6. The first-order chi connectivity index (χ1) is 29.2. The Kier molecular flexibility index (Phi) is 9.98. The van der Waals surface area contributed by atoms with Gasteiger partial charge >= 0.3 is 12.4 Å². The van der Waals surface area contributed by atoms with Gasteiger partial charge in [0.25, 0.3) is 0 Å². The number of rotatable bonds is 6. The summed E-state index contributed by atoms with van der Waals surface area (Å²) in [5.41, 5.74) is -3.64. The molecule has 0 saturated heterocycles. The molecule has 0 aromatic heterocycles. The quantitative estimate of drug-likeness (QED) is 0.0909. The van der Waals surface area contributed by atoms with Gasteiger partial charge in [-0.1, -0.05) is 27.7 Å². The van der Waals surface area contributed by atoms with E-state index >= 15 is 0 Å². The molecule has 2 aliphatic heterocycles. The molecule has 4 atom stereocenters. The van der Waals surface area contributed by atoms with Gasteiger partial charge in [0.2, 0.25) is 0 Å². The summed E-state index contributed by atoms with van der Waals surface area (Å²) >= 11 is 0. The number of aliphatic hydroxyl groups is 4. The van der Waals surface area contributed by atoms with Crippen LogP contribution >= 0.6 is 0 Å². The van der Waals surface area contributed by atoms with E-state index in [9.17, 15) is 77.4 Å². The molecule has 0 bridgehead atoms. The third-order valence-electron chi connectivity index (χ3n) is 13.2. The molecule has 4 aromatic rings. The van der Waals surface area contributed by atoms with E-state index in [-0.39, 0.29) is 64.3 Å². The molecule has 10 N–H and O–H groups in total. The van der Waals surface area contributed by atoms with Crippen LogP contribution < -0.4 is 9.80 Å². The van der Waals surface area contributed by atoms with Crippen LogP contribution in [0, 0.1) is 0 Å². The average molecular weight is 887 g/mol. The zero-order valence-corrected chi connectivity index (χ0v) is 34.0. The van der Waals surface area contributed by atoms with Crippen LogP contribution in [0.2, 0.25) is 0 Å². The summed E-state index contributed by atoms with van der Waals surface area (Å²) in [5.74, 6) is -6.08. The number of halogens is 6. The van der Waals surface area contributed by atoms with Crippen molar-refractivity contribution in [2.75, 3.05) is 22.9 Å². The highest BCUT2D eigenvalue weighted by molar-refractivity contribution is 5.76. The summed E-state index contributed by atoms with van der Waals surface area (Å²) in [5, 5.41) is 109. The van der Waals surface area contributed by atoms with Crippen LogP contribution in [0.1, 0.15) is 79.3 Å². The fourth-order valence-corrected chi connectivity index (χ4v) is 10.3. The van der Waals surface area contributed by atoms with E-state index in [2.05, 4.69) is 0 Å². The lowest BCUT2D eigenvalue weighted by Crippen LogP contribution is -2.51. The summed E-state index contributed by atoms with van der Waals surface area (Å²) in [6, 6.07) is 9.88. The Morgan fingerprint density at radius 3 is 1.08 bits per heavy atom. The predicted octanol–water partition coefficient (Wildman–Crippen LogP) is 6.79. The molecule has 0 amide bonds. The Hall–Kier alpha value is -5.82. The van der Waals surface area contributed by atoms with Crippen LogP contribution in [0.25, 0.3) is 0 Å². The maximum atomic E-state index is 14.1. The van der Waals surface area contributed by atoms with Crippen molar-refractivity contribution in [1.29, 1.82) is 0 Å². The molecular formula is C45H44F6N2O10.